The van der Waals surface area contributed by atoms with Gasteiger partial charge in [0.15, 0.2) is 5.96 Å². The molecule has 0 bridgehead atoms. The first kappa shape index (κ1) is 19.2. The van der Waals surface area contributed by atoms with E-state index in [1.807, 2.05) is 30.2 Å². The molecular formula is C17H23BrIN5. The summed E-state index contributed by atoms with van der Waals surface area (Å²) < 4.78 is 3.07. The molecule has 1 fully saturated rings. The molecule has 2 N–H and O–H groups in total. The Kier molecular flexibility index (Phi) is 7.54. The van der Waals surface area contributed by atoms with E-state index < -0.39 is 0 Å². The minimum atomic E-state index is 0. The van der Waals surface area contributed by atoms with Gasteiger partial charge < -0.3 is 10.6 Å². The number of benzene rings is 1. The number of halogens is 2. The first-order valence-corrected chi connectivity index (χ1v) is 8.75. The zero-order valence-electron chi connectivity index (χ0n) is 13.7. The van der Waals surface area contributed by atoms with Crippen LogP contribution in [0.25, 0.3) is 0 Å². The summed E-state index contributed by atoms with van der Waals surface area (Å²) in [5.74, 6) is 1.47. The molecular weight excluding hydrogens is 481 g/mol. The van der Waals surface area contributed by atoms with Gasteiger partial charge in [0.1, 0.15) is 0 Å². The van der Waals surface area contributed by atoms with Gasteiger partial charge in [-0.15, -0.1) is 24.0 Å². The molecule has 1 aliphatic rings. The van der Waals surface area contributed by atoms with E-state index in [0.29, 0.717) is 12.0 Å². The van der Waals surface area contributed by atoms with Crippen molar-refractivity contribution < 1.29 is 0 Å². The van der Waals surface area contributed by atoms with Gasteiger partial charge in [-0.2, -0.15) is 5.10 Å². The fraction of sp³-hybridized carbons (Fsp3) is 0.412. The molecule has 2 unspecified atom stereocenters. The Morgan fingerprint density at radius 2 is 2.17 bits per heavy atom. The number of guanidine groups is 1. The van der Waals surface area contributed by atoms with Gasteiger partial charge in [-0.1, -0.05) is 28.1 Å². The summed E-state index contributed by atoms with van der Waals surface area (Å²) in [6.07, 6.45) is 5.97. The lowest BCUT2D eigenvalue weighted by Gasteiger charge is -2.12. The molecule has 0 spiro atoms. The van der Waals surface area contributed by atoms with Gasteiger partial charge in [-0.05, 0) is 36.6 Å². The number of aryl methyl sites for hydroxylation is 1. The summed E-state index contributed by atoms with van der Waals surface area (Å²) in [5, 5.41) is 11.1. The van der Waals surface area contributed by atoms with E-state index in [0.717, 1.165) is 36.4 Å². The van der Waals surface area contributed by atoms with Crippen LogP contribution in [0.3, 0.4) is 0 Å². The monoisotopic (exact) mass is 503 g/mol. The Hall–Kier alpha value is -1.09. The highest BCUT2D eigenvalue weighted by Gasteiger charge is 2.38. The lowest BCUT2D eigenvalue weighted by Crippen LogP contribution is -2.39. The van der Waals surface area contributed by atoms with Crippen molar-refractivity contribution in [3.05, 3.63) is 52.8 Å². The molecule has 1 aromatic carbocycles. The number of aromatic nitrogens is 2. The average Bonchev–Trinajstić information content (AvgIpc) is 3.13. The summed E-state index contributed by atoms with van der Waals surface area (Å²) in [7, 11) is 1.82. The van der Waals surface area contributed by atoms with E-state index >= 15 is 0 Å². The summed E-state index contributed by atoms with van der Waals surface area (Å²) in [4.78, 5) is 4.31. The van der Waals surface area contributed by atoms with Gasteiger partial charge in [0.2, 0.25) is 0 Å². The van der Waals surface area contributed by atoms with Crippen LogP contribution in [0.2, 0.25) is 0 Å². The normalized spacial score (nSPS) is 19.5. The van der Waals surface area contributed by atoms with E-state index in [-0.39, 0.29) is 24.0 Å². The second kappa shape index (κ2) is 9.41. The van der Waals surface area contributed by atoms with Gasteiger partial charge in [0, 0.05) is 49.0 Å². The van der Waals surface area contributed by atoms with Crippen molar-refractivity contribution in [3.63, 3.8) is 0 Å². The molecule has 0 radical (unpaired) electrons. The largest absolute Gasteiger partial charge is 0.356 e. The molecule has 1 aromatic heterocycles. The second-order valence-corrected chi connectivity index (χ2v) is 6.68. The highest BCUT2D eigenvalue weighted by Crippen LogP contribution is 2.40. The number of aliphatic imine (C=N–C) groups is 1. The topological polar surface area (TPSA) is 54.2 Å². The fourth-order valence-corrected chi connectivity index (χ4v) is 2.95. The van der Waals surface area contributed by atoms with Crippen molar-refractivity contribution in [1.29, 1.82) is 0 Å². The molecule has 3 rings (SSSR count). The van der Waals surface area contributed by atoms with Crippen molar-refractivity contribution in [3.8, 4) is 0 Å². The van der Waals surface area contributed by atoms with Gasteiger partial charge in [-0.3, -0.25) is 9.67 Å². The molecule has 1 heterocycles. The Bertz CT molecular complexity index is 642. The predicted octanol–water partition coefficient (Wildman–Crippen LogP) is 3.37. The van der Waals surface area contributed by atoms with Crippen LogP contribution in [0.15, 0.2) is 52.2 Å². The van der Waals surface area contributed by atoms with Crippen LogP contribution >= 0.6 is 39.9 Å². The van der Waals surface area contributed by atoms with Crippen LogP contribution in [-0.4, -0.2) is 35.4 Å². The van der Waals surface area contributed by atoms with Crippen LogP contribution < -0.4 is 10.6 Å². The maximum Gasteiger partial charge on any atom is 0.191 e. The van der Waals surface area contributed by atoms with E-state index in [1.165, 1.54) is 5.56 Å². The quantitative estimate of drug-likeness (QED) is 0.275. The molecule has 7 heteroatoms. The van der Waals surface area contributed by atoms with Crippen LogP contribution in [0.5, 0.6) is 0 Å². The van der Waals surface area contributed by atoms with Crippen LogP contribution in [0.1, 0.15) is 24.3 Å². The van der Waals surface area contributed by atoms with Crippen LogP contribution in [0.4, 0.5) is 0 Å². The van der Waals surface area contributed by atoms with Crippen molar-refractivity contribution in [2.24, 2.45) is 4.99 Å². The molecule has 5 nitrogen and oxygen atoms in total. The molecule has 130 valence electrons. The minimum absolute atomic E-state index is 0. The van der Waals surface area contributed by atoms with E-state index in [1.54, 1.807) is 0 Å². The van der Waals surface area contributed by atoms with Gasteiger partial charge in [-0.25, -0.2) is 0 Å². The Morgan fingerprint density at radius 3 is 2.83 bits per heavy atom. The summed E-state index contributed by atoms with van der Waals surface area (Å²) in [6, 6.07) is 11.0. The first-order chi connectivity index (χ1) is 11.3. The van der Waals surface area contributed by atoms with Crippen molar-refractivity contribution in [2.45, 2.75) is 31.3 Å². The number of nitrogens with zero attached hydrogens (tertiary/aromatic N) is 3. The molecule has 24 heavy (non-hydrogen) atoms. The summed E-state index contributed by atoms with van der Waals surface area (Å²) in [5.41, 5.74) is 1.39. The fourth-order valence-electron chi connectivity index (χ4n) is 2.68. The van der Waals surface area contributed by atoms with Crippen molar-refractivity contribution in [1.82, 2.24) is 20.4 Å². The maximum absolute atomic E-state index is 4.31. The lowest BCUT2D eigenvalue weighted by atomic mass is 10.1. The van der Waals surface area contributed by atoms with E-state index in [4.69, 9.17) is 0 Å². The number of hydrogen-bond donors (Lipinski definition) is 2. The van der Waals surface area contributed by atoms with Gasteiger partial charge in [0.25, 0.3) is 0 Å². The molecule has 1 aliphatic carbocycles. The second-order valence-electron chi connectivity index (χ2n) is 5.77. The maximum atomic E-state index is 4.31. The Morgan fingerprint density at radius 1 is 1.38 bits per heavy atom. The molecule has 2 aromatic rings. The smallest absolute Gasteiger partial charge is 0.191 e. The van der Waals surface area contributed by atoms with Gasteiger partial charge in [0.05, 0.1) is 0 Å². The zero-order chi connectivity index (χ0) is 16.1. The summed E-state index contributed by atoms with van der Waals surface area (Å²) >= 11 is 3.48. The standard InChI is InChI=1S/C17H22BrN5.HI/c1-19-17(20-8-2-10-23-11-3-9-21-23)22-16-12-15(16)13-4-6-14(18)7-5-13;/h3-7,9,11,15-16H,2,8,10,12H2,1H3,(H2,19,20,22);1H. The molecule has 2 atom stereocenters. The first-order valence-electron chi connectivity index (χ1n) is 7.96. The van der Waals surface area contributed by atoms with E-state index in [9.17, 15) is 0 Å². The third-order valence-electron chi connectivity index (χ3n) is 4.05. The van der Waals surface area contributed by atoms with Crippen molar-refractivity contribution >= 4 is 45.9 Å². The van der Waals surface area contributed by atoms with Crippen LogP contribution in [-0.2, 0) is 6.54 Å². The molecule has 0 amide bonds. The Balaban J connectivity index is 0.00000208. The van der Waals surface area contributed by atoms with Gasteiger partial charge >= 0.3 is 0 Å². The van der Waals surface area contributed by atoms with E-state index in [2.05, 4.69) is 60.9 Å². The number of nitrogens with one attached hydrogen (secondary N) is 2. The molecule has 0 saturated heterocycles. The van der Waals surface area contributed by atoms with Crippen LogP contribution in [0, 0.1) is 0 Å². The number of rotatable bonds is 6. The highest BCUT2D eigenvalue weighted by atomic mass is 127. The zero-order valence-corrected chi connectivity index (χ0v) is 17.6. The molecule has 1 saturated carbocycles. The highest BCUT2D eigenvalue weighted by molar-refractivity contribution is 14.0. The average molecular weight is 504 g/mol. The summed E-state index contributed by atoms with van der Waals surface area (Å²) in [6.45, 7) is 1.80. The Labute approximate surface area is 168 Å². The number of hydrogen-bond acceptors (Lipinski definition) is 2. The third kappa shape index (κ3) is 5.47. The minimum Gasteiger partial charge on any atom is -0.356 e. The van der Waals surface area contributed by atoms with Crippen molar-refractivity contribution in [2.75, 3.05) is 13.6 Å². The molecule has 0 aliphatic heterocycles. The SMILES string of the molecule is CN=C(NCCCn1cccn1)NC1CC1c1ccc(Br)cc1.I. The predicted molar refractivity (Wildman–Crippen MR) is 112 cm³/mol. The third-order valence-corrected chi connectivity index (χ3v) is 4.58. The lowest BCUT2D eigenvalue weighted by molar-refractivity contribution is 0.570.